The Morgan fingerprint density at radius 2 is 1.71 bits per heavy atom. The van der Waals surface area contributed by atoms with E-state index in [1.54, 1.807) is 0 Å². The molecule has 0 heterocycles. The topological polar surface area (TPSA) is 9.23 Å². The molecule has 0 amide bonds. The van der Waals surface area contributed by atoms with Gasteiger partial charge in [-0.05, 0) is 36.6 Å². The van der Waals surface area contributed by atoms with Crippen molar-refractivity contribution in [2.24, 2.45) is 0 Å². The summed E-state index contributed by atoms with van der Waals surface area (Å²) in [5, 5.41) is 0.514. The zero-order valence-corrected chi connectivity index (χ0v) is 9.85. The molecule has 0 unspecified atom stereocenters. The largest absolute Gasteiger partial charge is 0.294 e. The van der Waals surface area contributed by atoms with E-state index in [9.17, 15) is 13.3 Å². The Hall–Kier alpha value is -1.71. The van der Waals surface area contributed by atoms with E-state index in [1.807, 2.05) is 13.8 Å². The third kappa shape index (κ3) is 2.52. The second kappa shape index (κ2) is 5.57. The lowest BCUT2D eigenvalue weighted by Gasteiger charge is -2.04. The highest BCUT2D eigenvalue weighted by Crippen LogP contribution is 2.26. The maximum atomic E-state index is 13.5. The standard InChI is InChI=1S/C11H7F3O.C2H6/c1-6-10(12)5-7-4-8(15-14)2-3-9(7)11(6)13;1-2/h2-5H,1H3;1-2H3. The molecule has 0 saturated carbocycles. The Balaban J connectivity index is 0.000000686. The van der Waals surface area contributed by atoms with Crippen molar-refractivity contribution in [2.75, 3.05) is 0 Å². The highest BCUT2D eigenvalue weighted by atomic mass is 19.3. The van der Waals surface area contributed by atoms with Crippen LogP contribution < -0.4 is 4.94 Å². The van der Waals surface area contributed by atoms with E-state index in [0.29, 0.717) is 0 Å². The van der Waals surface area contributed by atoms with Crippen LogP contribution in [0, 0.1) is 18.6 Å². The minimum absolute atomic E-state index is 0.0450. The maximum absolute atomic E-state index is 13.5. The molecule has 0 bridgehead atoms. The highest BCUT2D eigenvalue weighted by molar-refractivity contribution is 5.85. The summed E-state index contributed by atoms with van der Waals surface area (Å²) in [6.45, 7) is 5.35. The second-order valence-corrected chi connectivity index (χ2v) is 3.26. The Kier molecular flexibility index (Phi) is 4.37. The molecule has 2 aromatic rings. The van der Waals surface area contributed by atoms with E-state index >= 15 is 0 Å². The maximum Gasteiger partial charge on any atom is 0.172 e. The molecule has 0 atom stereocenters. The molecule has 0 N–H and O–H groups in total. The molecule has 17 heavy (non-hydrogen) atoms. The van der Waals surface area contributed by atoms with Gasteiger partial charge in [0.1, 0.15) is 11.6 Å². The molecule has 0 aliphatic heterocycles. The van der Waals surface area contributed by atoms with Gasteiger partial charge in [0, 0.05) is 15.5 Å². The Morgan fingerprint density at radius 3 is 2.29 bits per heavy atom. The number of hydrogen-bond donors (Lipinski definition) is 0. The van der Waals surface area contributed by atoms with Gasteiger partial charge in [-0.1, -0.05) is 13.8 Å². The van der Waals surface area contributed by atoms with E-state index < -0.39 is 11.6 Å². The molecule has 2 rings (SSSR count). The zero-order valence-electron chi connectivity index (χ0n) is 9.85. The molecule has 0 saturated heterocycles. The van der Waals surface area contributed by atoms with Crippen LogP contribution in [0.5, 0.6) is 5.75 Å². The van der Waals surface area contributed by atoms with E-state index in [0.717, 1.165) is 6.07 Å². The summed E-state index contributed by atoms with van der Waals surface area (Å²) in [5.41, 5.74) is -0.0450. The van der Waals surface area contributed by atoms with Gasteiger partial charge in [0.2, 0.25) is 0 Å². The summed E-state index contributed by atoms with van der Waals surface area (Å²) < 4.78 is 38.5. The van der Waals surface area contributed by atoms with Crippen molar-refractivity contribution < 1.29 is 18.2 Å². The molecular formula is C13H13F3O. The van der Waals surface area contributed by atoms with E-state index in [-0.39, 0.29) is 22.1 Å². The normalized spacial score (nSPS) is 9.76. The fourth-order valence-electron chi connectivity index (χ4n) is 1.46. The van der Waals surface area contributed by atoms with E-state index in [4.69, 9.17) is 0 Å². The zero-order chi connectivity index (χ0) is 13.0. The Labute approximate surface area is 97.7 Å². The van der Waals surface area contributed by atoms with Gasteiger partial charge in [-0.25, -0.2) is 8.78 Å². The lowest BCUT2D eigenvalue weighted by molar-refractivity contribution is -0.00603. The van der Waals surface area contributed by atoms with Crippen molar-refractivity contribution >= 4 is 10.8 Å². The van der Waals surface area contributed by atoms with Crippen LogP contribution >= 0.6 is 0 Å². The molecule has 0 aliphatic rings. The van der Waals surface area contributed by atoms with Crippen LogP contribution in [0.15, 0.2) is 24.3 Å². The average molecular weight is 242 g/mol. The van der Waals surface area contributed by atoms with Gasteiger partial charge in [0.15, 0.2) is 5.75 Å². The number of halogens is 3. The first-order valence-electron chi connectivity index (χ1n) is 5.30. The van der Waals surface area contributed by atoms with Gasteiger partial charge in [-0.2, -0.15) is 0 Å². The summed E-state index contributed by atoms with van der Waals surface area (Å²) in [4.78, 5) is 3.49. The molecule has 92 valence electrons. The van der Waals surface area contributed by atoms with Gasteiger partial charge < -0.3 is 0 Å². The second-order valence-electron chi connectivity index (χ2n) is 3.26. The van der Waals surface area contributed by atoms with Crippen molar-refractivity contribution in [1.82, 2.24) is 0 Å². The molecule has 2 aromatic carbocycles. The molecule has 0 spiro atoms. The molecule has 4 heteroatoms. The van der Waals surface area contributed by atoms with Crippen LogP contribution in [0.3, 0.4) is 0 Å². The number of rotatable bonds is 1. The lowest BCUT2D eigenvalue weighted by Crippen LogP contribution is -1.91. The van der Waals surface area contributed by atoms with Crippen molar-refractivity contribution in [2.45, 2.75) is 20.8 Å². The first-order chi connectivity index (χ1) is 8.13. The van der Waals surface area contributed by atoms with Crippen LogP contribution in [-0.2, 0) is 0 Å². The monoisotopic (exact) mass is 242 g/mol. The summed E-state index contributed by atoms with van der Waals surface area (Å²) in [7, 11) is 0. The van der Waals surface area contributed by atoms with Crippen LogP contribution in [-0.4, -0.2) is 0 Å². The van der Waals surface area contributed by atoms with Crippen molar-refractivity contribution in [3.8, 4) is 5.75 Å². The molecule has 0 fully saturated rings. The van der Waals surface area contributed by atoms with Gasteiger partial charge in [0.05, 0.1) is 0 Å². The molecule has 0 radical (unpaired) electrons. The predicted molar refractivity (Wildman–Crippen MR) is 61.7 cm³/mol. The van der Waals surface area contributed by atoms with Gasteiger partial charge >= 0.3 is 0 Å². The SMILES string of the molecule is CC.Cc1c(F)cc2cc(OF)ccc2c1F. The van der Waals surface area contributed by atoms with Crippen molar-refractivity contribution in [3.63, 3.8) is 0 Å². The summed E-state index contributed by atoms with van der Waals surface area (Å²) in [5.74, 6) is -1.36. The fraction of sp³-hybridized carbons (Fsp3) is 0.231. The summed E-state index contributed by atoms with van der Waals surface area (Å²) in [6, 6.07) is 5.02. The van der Waals surface area contributed by atoms with Crippen molar-refractivity contribution in [1.29, 1.82) is 0 Å². The third-order valence-corrected chi connectivity index (χ3v) is 2.32. The van der Waals surface area contributed by atoms with Gasteiger partial charge in [-0.15, -0.1) is 0 Å². The summed E-state index contributed by atoms with van der Waals surface area (Å²) in [6.07, 6.45) is 0. The minimum atomic E-state index is -0.656. The van der Waals surface area contributed by atoms with Crippen LogP contribution in [0.2, 0.25) is 0 Å². The van der Waals surface area contributed by atoms with Gasteiger partial charge in [-0.3, -0.25) is 4.94 Å². The predicted octanol–water partition coefficient (Wildman–Crippen LogP) is 4.72. The number of hydrogen-bond acceptors (Lipinski definition) is 1. The quantitative estimate of drug-likeness (QED) is 0.703. The molecule has 0 aromatic heterocycles. The fourth-order valence-corrected chi connectivity index (χ4v) is 1.46. The molecule has 1 nitrogen and oxygen atoms in total. The molecular weight excluding hydrogens is 229 g/mol. The first kappa shape index (κ1) is 13.4. The first-order valence-corrected chi connectivity index (χ1v) is 5.30. The Bertz CT molecular complexity index is 524. The number of benzene rings is 2. The lowest BCUT2D eigenvalue weighted by atomic mass is 10.1. The van der Waals surface area contributed by atoms with Gasteiger partial charge in [0.25, 0.3) is 0 Å². The van der Waals surface area contributed by atoms with Crippen molar-refractivity contribution in [3.05, 3.63) is 41.5 Å². The summed E-state index contributed by atoms with van der Waals surface area (Å²) >= 11 is 0. The number of fused-ring (bicyclic) bond motifs is 1. The third-order valence-electron chi connectivity index (χ3n) is 2.32. The van der Waals surface area contributed by atoms with Crippen LogP contribution in [0.4, 0.5) is 13.3 Å². The van der Waals surface area contributed by atoms with E-state index in [2.05, 4.69) is 4.94 Å². The average Bonchev–Trinajstić information content (AvgIpc) is 2.38. The highest BCUT2D eigenvalue weighted by Gasteiger charge is 2.10. The van der Waals surface area contributed by atoms with Crippen LogP contribution in [0.1, 0.15) is 19.4 Å². The molecule has 0 aliphatic carbocycles. The smallest absolute Gasteiger partial charge is 0.172 e. The minimum Gasteiger partial charge on any atom is -0.294 e. The van der Waals surface area contributed by atoms with Crippen LogP contribution in [0.25, 0.3) is 10.8 Å². The van der Waals surface area contributed by atoms with E-state index in [1.165, 1.54) is 25.1 Å². The Morgan fingerprint density at radius 1 is 1.06 bits per heavy atom.